The van der Waals surface area contributed by atoms with Crippen LogP contribution < -0.4 is 5.73 Å². The van der Waals surface area contributed by atoms with Gasteiger partial charge in [-0.2, -0.15) is 0 Å². The van der Waals surface area contributed by atoms with Crippen molar-refractivity contribution < 1.29 is 34.8 Å². The maximum atomic E-state index is 13.7. The number of fused-ring (bicyclic) bond motifs is 3. The van der Waals surface area contributed by atoms with Crippen molar-refractivity contribution in [2.24, 2.45) is 17.6 Å². The second-order valence-electron chi connectivity index (χ2n) is 9.81. The van der Waals surface area contributed by atoms with Crippen LogP contribution in [0.4, 0.5) is 0 Å². The molecular weight excluding hydrogens is 502 g/mol. The van der Waals surface area contributed by atoms with Crippen LogP contribution in [0.25, 0.3) is 11.1 Å². The molecule has 5 rings (SSSR count). The number of nitrogens with zero attached hydrogens (tertiary/aromatic N) is 2. The van der Waals surface area contributed by atoms with Gasteiger partial charge in [-0.3, -0.25) is 24.3 Å². The van der Waals surface area contributed by atoms with Gasteiger partial charge < -0.3 is 26.2 Å². The number of phenols is 1. The smallest absolute Gasteiger partial charge is 0.255 e. The number of aliphatic hydroxyl groups is 3. The Balaban J connectivity index is 1.72. The fourth-order valence-corrected chi connectivity index (χ4v) is 6.37. The second kappa shape index (κ2) is 8.41. The quantitative estimate of drug-likeness (QED) is 0.374. The number of hydrogen-bond donors (Lipinski definition) is 5. The Bertz CT molecular complexity index is 1450. The third-order valence-corrected chi connectivity index (χ3v) is 8.08. The Labute approximate surface area is 216 Å². The zero-order chi connectivity index (χ0) is 27.0. The summed E-state index contributed by atoms with van der Waals surface area (Å²) in [6, 6.07) is 3.69. The van der Waals surface area contributed by atoms with E-state index in [0.29, 0.717) is 16.7 Å². The highest BCUT2D eigenvalue weighted by Gasteiger charge is 2.63. The highest BCUT2D eigenvalue weighted by Crippen LogP contribution is 2.53. The molecule has 37 heavy (non-hydrogen) atoms. The Kier molecular flexibility index (Phi) is 5.67. The van der Waals surface area contributed by atoms with E-state index in [1.54, 1.807) is 38.6 Å². The molecule has 1 heterocycles. The van der Waals surface area contributed by atoms with Gasteiger partial charge in [-0.05, 0) is 62.2 Å². The molecule has 2 aromatic rings. The number of aliphatic hydroxyl groups excluding tert-OH is 2. The molecule has 3 aliphatic rings. The van der Waals surface area contributed by atoms with Gasteiger partial charge in [0.05, 0.1) is 16.6 Å². The van der Waals surface area contributed by atoms with E-state index in [2.05, 4.69) is 4.98 Å². The number of Topliss-reactive ketones (excluding diaryl/α,β-unsaturated/α-hetero) is 2. The van der Waals surface area contributed by atoms with Crippen molar-refractivity contribution in [2.75, 3.05) is 14.1 Å². The van der Waals surface area contributed by atoms with Crippen LogP contribution >= 0.6 is 11.6 Å². The van der Waals surface area contributed by atoms with Crippen LogP contribution in [0.15, 0.2) is 53.3 Å². The molecule has 0 saturated carbocycles. The van der Waals surface area contributed by atoms with E-state index < -0.39 is 58.0 Å². The lowest BCUT2D eigenvalue weighted by atomic mass is 9.58. The maximum absolute atomic E-state index is 13.7. The first-order valence-electron chi connectivity index (χ1n) is 11.5. The number of amides is 1. The standard InChI is InChI=1S/C26H24ClN3O7/c1-30(2)20-14-8-11-7-13-17(15(31)9-12(19(13)27)10-3-5-29-6-4-10)21(32)16(11)23(34)26(14,37)24(35)18(22(20)33)25(28)36/h3-6,9,11,14,20,31,33-34,37H,7-8H2,1-2H3,(H2,28,36)/t11-,14-,20-,26-/m0/s1. The first kappa shape index (κ1) is 24.9. The maximum Gasteiger partial charge on any atom is 0.255 e. The minimum Gasteiger partial charge on any atom is -0.510 e. The van der Waals surface area contributed by atoms with Crippen molar-refractivity contribution in [1.82, 2.24) is 9.88 Å². The lowest BCUT2D eigenvalue weighted by molar-refractivity contribution is -0.148. The van der Waals surface area contributed by atoms with Crippen molar-refractivity contribution >= 4 is 29.1 Å². The van der Waals surface area contributed by atoms with Crippen molar-refractivity contribution in [1.29, 1.82) is 0 Å². The summed E-state index contributed by atoms with van der Waals surface area (Å²) < 4.78 is 0. The highest BCUT2D eigenvalue weighted by atomic mass is 35.5. The summed E-state index contributed by atoms with van der Waals surface area (Å²) in [4.78, 5) is 44.5. The van der Waals surface area contributed by atoms with Gasteiger partial charge in [-0.1, -0.05) is 11.6 Å². The average Bonchev–Trinajstić information content (AvgIpc) is 2.83. The summed E-state index contributed by atoms with van der Waals surface area (Å²) in [7, 11) is 3.15. The van der Waals surface area contributed by atoms with Gasteiger partial charge in [0.1, 0.15) is 22.8 Å². The number of aromatic nitrogens is 1. The van der Waals surface area contributed by atoms with Gasteiger partial charge in [-0.25, -0.2) is 0 Å². The number of hydrogen-bond acceptors (Lipinski definition) is 9. The molecule has 0 saturated heterocycles. The van der Waals surface area contributed by atoms with E-state index in [1.165, 1.54) is 11.0 Å². The first-order chi connectivity index (χ1) is 17.4. The van der Waals surface area contributed by atoms with Crippen LogP contribution in [0.5, 0.6) is 5.75 Å². The molecule has 0 spiro atoms. The normalized spacial score (nSPS) is 27.2. The van der Waals surface area contributed by atoms with Gasteiger partial charge in [0.2, 0.25) is 5.78 Å². The Hall–Kier alpha value is -3.73. The fourth-order valence-electron chi connectivity index (χ4n) is 6.04. The number of likely N-dealkylation sites (N-methyl/N-ethyl adjacent to an activating group) is 1. The largest absolute Gasteiger partial charge is 0.510 e. The van der Waals surface area contributed by atoms with Crippen molar-refractivity contribution in [2.45, 2.75) is 24.5 Å². The molecule has 1 amide bonds. The van der Waals surface area contributed by atoms with Gasteiger partial charge >= 0.3 is 0 Å². The van der Waals surface area contributed by atoms with E-state index in [9.17, 15) is 34.8 Å². The Morgan fingerprint density at radius 1 is 1.19 bits per heavy atom. The first-order valence-corrected chi connectivity index (χ1v) is 11.9. The zero-order valence-corrected chi connectivity index (χ0v) is 20.7. The van der Waals surface area contributed by atoms with Crippen molar-refractivity contribution in [3.8, 4) is 16.9 Å². The number of rotatable bonds is 3. The molecular formula is C26H24ClN3O7. The van der Waals surface area contributed by atoms with E-state index in [0.717, 1.165) is 0 Å². The SMILES string of the molecule is CN(C)[C@@H]1C(O)=C(C(N)=O)C(=O)[C@@]2(O)C(O)=C3C(=O)c4c(O)cc(-c5ccncc5)c(Cl)c4C[C@H]3C[C@@H]12. The lowest BCUT2D eigenvalue weighted by Crippen LogP contribution is -2.63. The number of phenolic OH excluding ortho intramolecular Hbond substituents is 1. The molecule has 192 valence electrons. The predicted molar refractivity (Wildman–Crippen MR) is 132 cm³/mol. The lowest BCUT2D eigenvalue weighted by Gasteiger charge is -2.50. The van der Waals surface area contributed by atoms with Crippen LogP contribution in [0.1, 0.15) is 22.3 Å². The molecule has 1 aromatic carbocycles. The molecule has 0 aliphatic heterocycles. The van der Waals surface area contributed by atoms with Gasteiger partial charge in [0.15, 0.2) is 11.4 Å². The van der Waals surface area contributed by atoms with Crippen LogP contribution in [-0.2, 0) is 16.0 Å². The number of carbonyl (C=O) groups is 3. The molecule has 0 bridgehead atoms. The molecule has 11 heteroatoms. The Morgan fingerprint density at radius 2 is 1.84 bits per heavy atom. The van der Waals surface area contributed by atoms with Gasteiger partial charge in [0, 0.05) is 29.4 Å². The van der Waals surface area contributed by atoms with Crippen molar-refractivity contribution in [3.05, 3.63) is 69.4 Å². The van der Waals surface area contributed by atoms with E-state index in [1.807, 2.05) is 0 Å². The highest BCUT2D eigenvalue weighted by molar-refractivity contribution is 6.35. The number of benzene rings is 1. The van der Waals surface area contributed by atoms with Gasteiger partial charge in [0.25, 0.3) is 5.91 Å². The summed E-state index contributed by atoms with van der Waals surface area (Å²) in [5.41, 5.74) is 2.97. The molecule has 0 unspecified atom stereocenters. The monoisotopic (exact) mass is 525 g/mol. The third-order valence-electron chi connectivity index (χ3n) is 7.65. The van der Waals surface area contributed by atoms with Crippen LogP contribution in [0, 0.1) is 11.8 Å². The third kappa shape index (κ3) is 3.33. The number of primary amides is 1. The number of allylic oxidation sites excluding steroid dienone is 1. The molecule has 4 atom stereocenters. The number of nitrogens with two attached hydrogens (primary N) is 1. The number of aromatic hydroxyl groups is 1. The van der Waals surface area contributed by atoms with Crippen LogP contribution in [0.3, 0.4) is 0 Å². The molecule has 10 nitrogen and oxygen atoms in total. The van der Waals surface area contributed by atoms with Gasteiger partial charge in [-0.15, -0.1) is 0 Å². The minimum atomic E-state index is -2.68. The van der Waals surface area contributed by atoms with Crippen LogP contribution in [0.2, 0.25) is 5.02 Å². The minimum absolute atomic E-state index is 0.0116. The summed E-state index contributed by atoms with van der Waals surface area (Å²) in [5.74, 6) is -7.05. The summed E-state index contributed by atoms with van der Waals surface area (Å²) >= 11 is 6.74. The van der Waals surface area contributed by atoms with Crippen molar-refractivity contribution in [3.63, 3.8) is 0 Å². The summed E-state index contributed by atoms with van der Waals surface area (Å²) in [6.07, 6.45) is 3.23. The second-order valence-corrected chi connectivity index (χ2v) is 10.2. The molecule has 0 radical (unpaired) electrons. The number of pyridine rings is 1. The number of carbonyl (C=O) groups excluding carboxylic acids is 3. The number of ketones is 2. The predicted octanol–water partition coefficient (Wildman–Crippen LogP) is 1.84. The van der Waals surface area contributed by atoms with E-state index >= 15 is 0 Å². The molecule has 0 fully saturated rings. The number of halogens is 1. The molecule has 3 aliphatic carbocycles. The molecule has 6 N–H and O–H groups in total. The summed E-state index contributed by atoms with van der Waals surface area (Å²) in [5, 5.41) is 44.8. The fraction of sp³-hybridized carbons (Fsp3) is 0.308. The molecule has 1 aromatic heterocycles. The average molecular weight is 526 g/mol. The van der Waals surface area contributed by atoms with E-state index in [4.69, 9.17) is 17.3 Å². The topological polar surface area (TPSA) is 174 Å². The summed E-state index contributed by atoms with van der Waals surface area (Å²) in [6.45, 7) is 0. The van der Waals surface area contributed by atoms with Crippen LogP contribution in [-0.4, -0.2) is 73.5 Å². The Morgan fingerprint density at radius 3 is 2.43 bits per heavy atom. The zero-order valence-electron chi connectivity index (χ0n) is 19.9. The van der Waals surface area contributed by atoms with E-state index in [-0.39, 0.29) is 34.8 Å².